The molecule has 29 heavy (non-hydrogen) atoms. The van der Waals surface area contributed by atoms with Crippen LogP contribution >= 0.6 is 11.8 Å². The molecule has 150 valence electrons. The lowest BCUT2D eigenvalue weighted by Crippen LogP contribution is -2.14. The number of nitrogens with one attached hydrogen (secondary N) is 2. The van der Waals surface area contributed by atoms with Crippen molar-refractivity contribution in [2.75, 3.05) is 16.4 Å². The van der Waals surface area contributed by atoms with Crippen molar-refractivity contribution in [1.29, 1.82) is 0 Å². The van der Waals surface area contributed by atoms with Gasteiger partial charge in [0.1, 0.15) is 0 Å². The fourth-order valence-electron chi connectivity index (χ4n) is 2.85. The zero-order valence-electron chi connectivity index (χ0n) is 16.6. The highest BCUT2D eigenvalue weighted by Crippen LogP contribution is 2.25. The van der Waals surface area contributed by atoms with E-state index in [-0.39, 0.29) is 17.6 Å². The second-order valence-corrected chi connectivity index (χ2v) is 7.46. The molecule has 0 radical (unpaired) electrons. The molecule has 2 aromatic carbocycles. The molecule has 0 saturated heterocycles. The fourth-order valence-corrected chi connectivity index (χ4v) is 3.65. The van der Waals surface area contributed by atoms with Crippen LogP contribution in [0.3, 0.4) is 0 Å². The van der Waals surface area contributed by atoms with Crippen molar-refractivity contribution in [1.82, 2.24) is 14.8 Å². The van der Waals surface area contributed by atoms with E-state index in [0.29, 0.717) is 11.7 Å². The Bertz CT molecular complexity index is 1010. The molecule has 0 fully saturated rings. The third kappa shape index (κ3) is 5.45. The van der Waals surface area contributed by atoms with Gasteiger partial charge < -0.3 is 15.2 Å². The summed E-state index contributed by atoms with van der Waals surface area (Å²) in [4.78, 5) is 23.4. The first-order valence-corrected chi connectivity index (χ1v) is 10.3. The van der Waals surface area contributed by atoms with Gasteiger partial charge in [-0.2, -0.15) is 0 Å². The fraction of sp³-hybridized carbons (Fsp3) is 0.238. The van der Waals surface area contributed by atoms with E-state index in [9.17, 15) is 9.59 Å². The summed E-state index contributed by atoms with van der Waals surface area (Å²) in [6.45, 7) is 6.14. The Hall–Kier alpha value is -3.13. The lowest BCUT2D eigenvalue weighted by Gasteiger charge is -2.09. The maximum Gasteiger partial charge on any atom is 0.234 e. The summed E-state index contributed by atoms with van der Waals surface area (Å²) in [6.07, 6.45) is 0. The zero-order chi connectivity index (χ0) is 20.8. The molecule has 3 rings (SSSR count). The van der Waals surface area contributed by atoms with E-state index in [0.717, 1.165) is 28.3 Å². The summed E-state index contributed by atoms with van der Waals surface area (Å²) in [7, 11) is 0. The van der Waals surface area contributed by atoms with Gasteiger partial charge in [-0.25, -0.2) is 0 Å². The summed E-state index contributed by atoms with van der Waals surface area (Å²) in [5.74, 6) is 0.765. The molecule has 0 aliphatic rings. The third-order valence-corrected chi connectivity index (χ3v) is 5.10. The van der Waals surface area contributed by atoms with Gasteiger partial charge in [-0.05, 0) is 55.8 Å². The Kier molecular flexibility index (Phi) is 6.66. The van der Waals surface area contributed by atoms with Crippen LogP contribution in [0.4, 0.5) is 11.4 Å². The number of nitrogens with zero attached hydrogens (tertiary/aromatic N) is 3. The lowest BCUT2D eigenvalue weighted by molar-refractivity contribution is -0.114. The Labute approximate surface area is 173 Å². The number of carbonyl (C=O) groups excluding carboxylic acids is 2. The van der Waals surface area contributed by atoms with Gasteiger partial charge >= 0.3 is 0 Å². The Morgan fingerprint density at radius 2 is 1.79 bits per heavy atom. The van der Waals surface area contributed by atoms with Crippen molar-refractivity contribution in [3.05, 3.63) is 54.1 Å². The maximum absolute atomic E-state index is 12.3. The number of carbonyl (C=O) groups is 2. The van der Waals surface area contributed by atoms with Crippen molar-refractivity contribution in [3.63, 3.8) is 0 Å². The van der Waals surface area contributed by atoms with Gasteiger partial charge in [0.25, 0.3) is 0 Å². The van der Waals surface area contributed by atoms with Crippen molar-refractivity contribution in [2.24, 2.45) is 0 Å². The molecule has 0 saturated carbocycles. The Morgan fingerprint density at radius 3 is 2.45 bits per heavy atom. The highest BCUT2D eigenvalue weighted by molar-refractivity contribution is 7.99. The second kappa shape index (κ2) is 9.38. The Balaban J connectivity index is 1.67. The molecule has 2 amide bonds. The normalized spacial score (nSPS) is 10.6. The quantitative estimate of drug-likeness (QED) is 0.577. The van der Waals surface area contributed by atoms with Gasteiger partial charge in [0.2, 0.25) is 11.8 Å². The summed E-state index contributed by atoms with van der Waals surface area (Å²) in [5, 5.41) is 14.9. The van der Waals surface area contributed by atoms with Crippen LogP contribution in [0.2, 0.25) is 0 Å². The van der Waals surface area contributed by atoms with Crippen LogP contribution in [0.25, 0.3) is 11.4 Å². The monoisotopic (exact) mass is 409 g/mol. The zero-order valence-corrected chi connectivity index (χ0v) is 17.4. The van der Waals surface area contributed by atoms with Gasteiger partial charge in [-0.3, -0.25) is 9.59 Å². The van der Waals surface area contributed by atoms with E-state index in [1.165, 1.54) is 18.7 Å². The van der Waals surface area contributed by atoms with Crippen LogP contribution in [0.15, 0.2) is 53.7 Å². The first kappa shape index (κ1) is 20.6. The summed E-state index contributed by atoms with van der Waals surface area (Å²) >= 11 is 1.35. The minimum absolute atomic E-state index is 0.0903. The molecule has 8 heteroatoms. The number of amides is 2. The van der Waals surface area contributed by atoms with Crippen LogP contribution in [-0.2, 0) is 16.1 Å². The molecule has 1 aromatic heterocycles. The molecule has 0 bridgehead atoms. The molecule has 7 nitrogen and oxygen atoms in total. The molecule has 0 atom stereocenters. The average Bonchev–Trinajstić information content (AvgIpc) is 3.09. The van der Waals surface area contributed by atoms with Crippen LogP contribution in [0.5, 0.6) is 0 Å². The highest BCUT2D eigenvalue weighted by atomic mass is 32.2. The lowest BCUT2D eigenvalue weighted by atomic mass is 10.2. The number of aromatic nitrogens is 3. The first-order valence-electron chi connectivity index (χ1n) is 9.27. The minimum Gasteiger partial charge on any atom is -0.326 e. The van der Waals surface area contributed by atoms with Crippen molar-refractivity contribution < 1.29 is 9.59 Å². The number of aryl methyl sites for hydroxylation is 1. The van der Waals surface area contributed by atoms with Crippen LogP contribution in [0.1, 0.15) is 19.4 Å². The van der Waals surface area contributed by atoms with Gasteiger partial charge in [-0.15, -0.1) is 10.2 Å². The van der Waals surface area contributed by atoms with Crippen LogP contribution in [-0.4, -0.2) is 32.3 Å². The standard InChI is InChI=1S/C21H23N5O2S/c1-4-26-20(16-8-10-17(11-9-16)22-15(3)27)24-25-21(26)29-13-19(28)23-18-7-5-6-14(2)12-18/h5-12H,4,13H2,1-3H3,(H,22,27)(H,23,28). The number of benzene rings is 2. The van der Waals surface area contributed by atoms with E-state index in [2.05, 4.69) is 20.8 Å². The van der Waals surface area contributed by atoms with Crippen LogP contribution < -0.4 is 10.6 Å². The Morgan fingerprint density at radius 1 is 1.03 bits per heavy atom. The molecule has 2 N–H and O–H groups in total. The second-order valence-electron chi connectivity index (χ2n) is 6.52. The van der Waals surface area contributed by atoms with Crippen molar-refractivity contribution in [3.8, 4) is 11.4 Å². The number of hydrogen-bond donors (Lipinski definition) is 2. The van der Waals surface area contributed by atoms with E-state index >= 15 is 0 Å². The number of anilines is 2. The maximum atomic E-state index is 12.3. The molecular formula is C21H23N5O2S. The molecule has 0 spiro atoms. The van der Waals surface area contributed by atoms with E-state index in [1.54, 1.807) is 0 Å². The first-order chi connectivity index (χ1) is 14.0. The van der Waals surface area contributed by atoms with Gasteiger partial charge in [-0.1, -0.05) is 23.9 Å². The number of rotatable bonds is 7. The summed E-state index contributed by atoms with van der Waals surface area (Å²) in [6, 6.07) is 15.1. The molecular weight excluding hydrogens is 386 g/mol. The van der Waals surface area contributed by atoms with E-state index in [4.69, 9.17) is 0 Å². The highest BCUT2D eigenvalue weighted by Gasteiger charge is 2.15. The molecule has 0 aliphatic heterocycles. The van der Waals surface area contributed by atoms with E-state index in [1.807, 2.05) is 66.9 Å². The predicted molar refractivity (Wildman–Crippen MR) is 116 cm³/mol. The van der Waals surface area contributed by atoms with E-state index < -0.39 is 0 Å². The molecule has 1 heterocycles. The molecule has 0 unspecified atom stereocenters. The SMILES string of the molecule is CCn1c(SCC(=O)Nc2cccc(C)c2)nnc1-c1ccc(NC(C)=O)cc1. The molecule has 0 aliphatic carbocycles. The third-order valence-electron chi connectivity index (χ3n) is 4.13. The summed E-state index contributed by atoms with van der Waals surface area (Å²) in [5.41, 5.74) is 3.50. The van der Waals surface area contributed by atoms with Crippen LogP contribution in [0, 0.1) is 6.92 Å². The van der Waals surface area contributed by atoms with Gasteiger partial charge in [0.05, 0.1) is 5.75 Å². The van der Waals surface area contributed by atoms with Gasteiger partial charge in [0, 0.05) is 30.4 Å². The average molecular weight is 410 g/mol. The topological polar surface area (TPSA) is 88.9 Å². The summed E-state index contributed by atoms with van der Waals surface area (Å²) < 4.78 is 1.97. The number of hydrogen-bond acceptors (Lipinski definition) is 5. The predicted octanol–water partition coefficient (Wildman–Crippen LogP) is 3.96. The van der Waals surface area contributed by atoms with Crippen molar-refractivity contribution in [2.45, 2.75) is 32.5 Å². The minimum atomic E-state index is -0.114. The van der Waals surface area contributed by atoms with Gasteiger partial charge in [0.15, 0.2) is 11.0 Å². The number of thioether (sulfide) groups is 1. The smallest absolute Gasteiger partial charge is 0.234 e. The van der Waals surface area contributed by atoms with Crippen molar-refractivity contribution >= 4 is 35.0 Å². The largest absolute Gasteiger partial charge is 0.326 e. The molecule has 3 aromatic rings.